The summed E-state index contributed by atoms with van der Waals surface area (Å²) in [6.45, 7) is 2.15. The maximum absolute atomic E-state index is 12.0. The Hall–Kier alpha value is -2.04. The summed E-state index contributed by atoms with van der Waals surface area (Å²) in [6.07, 6.45) is 0.139. The van der Waals surface area contributed by atoms with Gasteiger partial charge < -0.3 is 10.6 Å². The molecular weight excluding hydrogens is 335 g/mol. The molecule has 0 atom stereocenters. The van der Waals surface area contributed by atoms with Gasteiger partial charge in [-0.05, 0) is 37.3 Å². The highest BCUT2D eigenvalue weighted by molar-refractivity contribution is 6.35. The average Bonchev–Trinajstić information content (AvgIpc) is 2.51. The SMILES string of the molecule is Cc1cccc(C(=O)NCCC(=O)Nc2cc(Cl)ccc2Cl)c1. The Morgan fingerprint density at radius 1 is 1.09 bits per heavy atom. The molecule has 2 aromatic carbocycles. The number of halogens is 2. The maximum Gasteiger partial charge on any atom is 0.251 e. The van der Waals surface area contributed by atoms with Gasteiger partial charge in [-0.15, -0.1) is 0 Å². The lowest BCUT2D eigenvalue weighted by atomic mass is 10.1. The van der Waals surface area contributed by atoms with Crippen LogP contribution >= 0.6 is 23.2 Å². The highest BCUT2D eigenvalue weighted by Gasteiger charge is 2.09. The van der Waals surface area contributed by atoms with Gasteiger partial charge >= 0.3 is 0 Å². The molecule has 0 radical (unpaired) electrons. The van der Waals surface area contributed by atoms with Crippen molar-refractivity contribution in [1.29, 1.82) is 0 Å². The van der Waals surface area contributed by atoms with Crippen molar-refractivity contribution in [3.8, 4) is 0 Å². The number of benzene rings is 2. The molecular formula is C17H16Cl2N2O2. The van der Waals surface area contributed by atoms with Crippen LogP contribution in [0.5, 0.6) is 0 Å². The first kappa shape index (κ1) is 17.3. The van der Waals surface area contributed by atoms with Crippen molar-refractivity contribution >= 4 is 40.7 Å². The van der Waals surface area contributed by atoms with E-state index in [9.17, 15) is 9.59 Å². The van der Waals surface area contributed by atoms with Crippen molar-refractivity contribution in [2.75, 3.05) is 11.9 Å². The van der Waals surface area contributed by atoms with Gasteiger partial charge in [0.1, 0.15) is 0 Å². The maximum atomic E-state index is 12.0. The number of nitrogens with one attached hydrogen (secondary N) is 2. The average molecular weight is 351 g/mol. The summed E-state index contributed by atoms with van der Waals surface area (Å²) in [6, 6.07) is 12.1. The minimum atomic E-state index is -0.251. The summed E-state index contributed by atoms with van der Waals surface area (Å²) in [4.78, 5) is 23.8. The van der Waals surface area contributed by atoms with E-state index in [1.54, 1.807) is 30.3 Å². The first-order valence-corrected chi connectivity index (χ1v) is 7.81. The molecule has 2 rings (SSSR count). The predicted molar refractivity (Wildman–Crippen MR) is 93.2 cm³/mol. The summed E-state index contributed by atoms with van der Waals surface area (Å²) in [5, 5.41) is 6.27. The van der Waals surface area contributed by atoms with Gasteiger partial charge in [-0.2, -0.15) is 0 Å². The number of amides is 2. The fourth-order valence-electron chi connectivity index (χ4n) is 1.98. The molecule has 23 heavy (non-hydrogen) atoms. The van der Waals surface area contributed by atoms with E-state index in [1.807, 2.05) is 19.1 Å². The Kier molecular flexibility index (Phi) is 6.02. The number of aryl methyl sites for hydroxylation is 1. The zero-order valence-electron chi connectivity index (χ0n) is 12.5. The van der Waals surface area contributed by atoms with Crippen LogP contribution in [0.25, 0.3) is 0 Å². The van der Waals surface area contributed by atoms with Gasteiger partial charge in [0.05, 0.1) is 10.7 Å². The van der Waals surface area contributed by atoms with Crippen molar-refractivity contribution in [3.63, 3.8) is 0 Å². The van der Waals surface area contributed by atoms with E-state index in [4.69, 9.17) is 23.2 Å². The fraction of sp³-hybridized carbons (Fsp3) is 0.176. The third-order valence-electron chi connectivity index (χ3n) is 3.12. The van der Waals surface area contributed by atoms with Crippen molar-refractivity contribution < 1.29 is 9.59 Å². The second kappa shape index (κ2) is 7.99. The number of carbonyl (C=O) groups is 2. The Labute approximate surface area is 144 Å². The lowest BCUT2D eigenvalue weighted by Crippen LogP contribution is -2.27. The molecule has 0 aliphatic heterocycles. The highest BCUT2D eigenvalue weighted by atomic mass is 35.5. The van der Waals surface area contributed by atoms with E-state index in [0.717, 1.165) is 5.56 Å². The van der Waals surface area contributed by atoms with Gasteiger partial charge in [0.25, 0.3) is 5.91 Å². The first-order valence-electron chi connectivity index (χ1n) is 7.05. The van der Waals surface area contributed by atoms with Crippen LogP contribution in [0, 0.1) is 6.92 Å². The molecule has 0 saturated carbocycles. The normalized spacial score (nSPS) is 10.2. The molecule has 6 heteroatoms. The standard InChI is InChI=1S/C17H16Cl2N2O2/c1-11-3-2-4-12(9-11)17(23)20-8-7-16(22)21-15-10-13(18)5-6-14(15)19/h2-6,9-10H,7-8H2,1H3,(H,20,23)(H,21,22). The van der Waals surface area contributed by atoms with Crippen LogP contribution in [-0.2, 0) is 4.79 Å². The van der Waals surface area contributed by atoms with E-state index in [1.165, 1.54) is 0 Å². The van der Waals surface area contributed by atoms with Crippen LogP contribution < -0.4 is 10.6 Å². The second-order valence-corrected chi connectivity index (χ2v) is 5.89. The lowest BCUT2D eigenvalue weighted by Gasteiger charge is -2.09. The number of anilines is 1. The Balaban J connectivity index is 1.83. The molecule has 2 N–H and O–H groups in total. The summed E-state index contributed by atoms with van der Waals surface area (Å²) < 4.78 is 0. The quantitative estimate of drug-likeness (QED) is 0.854. The van der Waals surface area contributed by atoms with Gasteiger partial charge in [0.2, 0.25) is 5.91 Å². The number of hydrogen-bond acceptors (Lipinski definition) is 2. The van der Waals surface area contributed by atoms with Crippen LogP contribution in [-0.4, -0.2) is 18.4 Å². The van der Waals surface area contributed by atoms with E-state index in [-0.39, 0.29) is 24.8 Å². The van der Waals surface area contributed by atoms with Crippen molar-refractivity contribution in [2.45, 2.75) is 13.3 Å². The molecule has 0 fully saturated rings. The van der Waals surface area contributed by atoms with Crippen LogP contribution in [0.2, 0.25) is 10.0 Å². The third kappa shape index (κ3) is 5.27. The van der Waals surface area contributed by atoms with Gasteiger partial charge in [-0.1, -0.05) is 40.9 Å². The molecule has 2 aromatic rings. The molecule has 4 nitrogen and oxygen atoms in total. The fourth-order valence-corrected chi connectivity index (χ4v) is 2.32. The second-order valence-electron chi connectivity index (χ2n) is 5.05. The molecule has 0 saturated heterocycles. The monoisotopic (exact) mass is 350 g/mol. The van der Waals surface area contributed by atoms with E-state index < -0.39 is 0 Å². The van der Waals surface area contributed by atoms with Gasteiger partial charge in [-0.3, -0.25) is 9.59 Å². The number of hydrogen-bond donors (Lipinski definition) is 2. The van der Waals surface area contributed by atoms with Crippen LogP contribution in [0.4, 0.5) is 5.69 Å². The highest BCUT2D eigenvalue weighted by Crippen LogP contribution is 2.25. The molecule has 120 valence electrons. The smallest absolute Gasteiger partial charge is 0.251 e. The van der Waals surface area contributed by atoms with Crippen LogP contribution in [0.1, 0.15) is 22.3 Å². The topological polar surface area (TPSA) is 58.2 Å². The minimum Gasteiger partial charge on any atom is -0.352 e. The molecule has 0 heterocycles. The first-order chi connectivity index (χ1) is 11.0. The molecule has 2 amide bonds. The predicted octanol–water partition coefficient (Wildman–Crippen LogP) is 4.06. The number of carbonyl (C=O) groups excluding carboxylic acids is 2. The summed E-state index contributed by atoms with van der Waals surface area (Å²) in [5.74, 6) is -0.457. The van der Waals surface area contributed by atoms with E-state index >= 15 is 0 Å². The Morgan fingerprint density at radius 2 is 1.87 bits per heavy atom. The van der Waals surface area contributed by atoms with E-state index in [0.29, 0.717) is 21.3 Å². The number of rotatable bonds is 5. The summed E-state index contributed by atoms with van der Waals surface area (Å²) in [5.41, 5.74) is 2.03. The third-order valence-corrected chi connectivity index (χ3v) is 3.69. The molecule has 0 bridgehead atoms. The molecule has 0 aromatic heterocycles. The van der Waals surface area contributed by atoms with E-state index in [2.05, 4.69) is 10.6 Å². The van der Waals surface area contributed by atoms with Crippen molar-refractivity contribution in [3.05, 3.63) is 63.6 Å². The van der Waals surface area contributed by atoms with Crippen LogP contribution in [0.15, 0.2) is 42.5 Å². The molecule has 0 spiro atoms. The summed E-state index contributed by atoms with van der Waals surface area (Å²) >= 11 is 11.8. The van der Waals surface area contributed by atoms with Crippen molar-refractivity contribution in [2.24, 2.45) is 0 Å². The molecule has 0 unspecified atom stereocenters. The van der Waals surface area contributed by atoms with Crippen LogP contribution in [0.3, 0.4) is 0 Å². The zero-order chi connectivity index (χ0) is 16.8. The zero-order valence-corrected chi connectivity index (χ0v) is 14.0. The van der Waals surface area contributed by atoms with Gasteiger partial charge in [0, 0.05) is 23.6 Å². The largest absolute Gasteiger partial charge is 0.352 e. The Bertz CT molecular complexity index is 732. The Morgan fingerprint density at radius 3 is 2.61 bits per heavy atom. The van der Waals surface area contributed by atoms with Crippen molar-refractivity contribution in [1.82, 2.24) is 5.32 Å². The van der Waals surface area contributed by atoms with Gasteiger partial charge in [0.15, 0.2) is 0 Å². The summed E-state index contributed by atoms with van der Waals surface area (Å²) in [7, 11) is 0. The lowest BCUT2D eigenvalue weighted by molar-refractivity contribution is -0.116. The molecule has 0 aliphatic carbocycles. The minimum absolute atomic E-state index is 0.139. The molecule has 0 aliphatic rings. The van der Waals surface area contributed by atoms with Gasteiger partial charge in [-0.25, -0.2) is 0 Å².